The van der Waals surface area contributed by atoms with E-state index in [1.165, 1.54) is 4.68 Å². The molecule has 2 atom stereocenters. The molecule has 0 fully saturated rings. The van der Waals surface area contributed by atoms with Gasteiger partial charge in [0, 0.05) is 20.4 Å². The minimum absolute atomic E-state index is 0.00434. The summed E-state index contributed by atoms with van der Waals surface area (Å²) >= 11 is 6.96. The largest absolute Gasteiger partial charge is 0.493 e. The van der Waals surface area contributed by atoms with Gasteiger partial charge in [-0.25, -0.2) is 4.98 Å². The van der Waals surface area contributed by atoms with E-state index in [1.807, 2.05) is 38.1 Å². The molecule has 0 bridgehead atoms. The topological polar surface area (TPSA) is 65.7 Å². The number of methoxy groups -OCH3 is 1. The third-order valence-electron chi connectivity index (χ3n) is 5.36. The Hall–Kier alpha value is -2.19. The number of ether oxygens (including phenoxy) is 2. The maximum absolute atomic E-state index is 13.4. The third kappa shape index (κ3) is 5.23. The first kappa shape index (κ1) is 24.5. The Bertz CT molecular complexity index is 1210. The van der Waals surface area contributed by atoms with Gasteiger partial charge in [0.1, 0.15) is 5.82 Å². The summed E-state index contributed by atoms with van der Waals surface area (Å²) in [6.45, 7) is 8.16. The molecule has 0 spiro atoms. The Labute approximate surface area is 204 Å². The summed E-state index contributed by atoms with van der Waals surface area (Å²) < 4.78 is 14.7. The molecule has 6 nitrogen and oxygen atoms in total. The Kier molecular flexibility index (Phi) is 8.11. The lowest BCUT2D eigenvalue weighted by Gasteiger charge is -2.18. The second kappa shape index (κ2) is 10.6. The van der Waals surface area contributed by atoms with Gasteiger partial charge in [-0.2, -0.15) is 9.78 Å². The summed E-state index contributed by atoms with van der Waals surface area (Å²) in [6, 6.07) is 9.24. The van der Waals surface area contributed by atoms with E-state index in [0.29, 0.717) is 33.8 Å². The minimum atomic E-state index is -0.214. The molecule has 0 N–H and O–H groups in total. The first-order valence-corrected chi connectivity index (χ1v) is 12.2. The normalized spacial score (nSPS) is 13.5. The van der Waals surface area contributed by atoms with E-state index < -0.39 is 0 Å². The van der Waals surface area contributed by atoms with Gasteiger partial charge in [-0.05, 0) is 50.1 Å². The van der Waals surface area contributed by atoms with Crippen LogP contribution in [-0.2, 0) is 0 Å². The van der Waals surface area contributed by atoms with Crippen molar-refractivity contribution >= 4 is 49.0 Å². The number of halogens is 2. The first-order valence-electron chi connectivity index (χ1n) is 10.6. The van der Waals surface area contributed by atoms with Crippen molar-refractivity contribution in [3.63, 3.8) is 0 Å². The second-order valence-corrected chi connectivity index (χ2v) is 9.50. The molecule has 0 unspecified atom stereocenters. The van der Waals surface area contributed by atoms with Crippen LogP contribution in [0.25, 0.3) is 10.9 Å². The predicted octanol–water partition coefficient (Wildman–Crippen LogP) is 6.50. The summed E-state index contributed by atoms with van der Waals surface area (Å²) in [5, 5.41) is 5.09. The molecule has 0 aliphatic rings. The molecule has 8 heteroatoms. The number of aromatic nitrogens is 2. The van der Waals surface area contributed by atoms with Gasteiger partial charge in [0.15, 0.2) is 11.5 Å². The van der Waals surface area contributed by atoms with Crippen LogP contribution < -0.4 is 15.0 Å². The van der Waals surface area contributed by atoms with E-state index in [4.69, 9.17) is 14.5 Å². The molecule has 1 heterocycles. The second-order valence-electron chi connectivity index (χ2n) is 7.67. The van der Waals surface area contributed by atoms with Crippen molar-refractivity contribution in [3.05, 3.63) is 61.0 Å². The predicted molar refractivity (Wildman–Crippen MR) is 136 cm³/mol. The van der Waals surface area contributed by atoms with E-state index >= 15 is 0 Å². The van der Waals surface area contributed by atoms with Crippen molar-refractivity contribution in [1.29, 1.82) is 0 Å². The summed E-state index contributed by atoms with van der Waals surface area (Å²) in [7, 11) is 1.60. The van der Waals surface area contributed by atoms with Crippen LogP contribution in [0.15, 0.2) is 49.2 Å². The van der Waals surface area contributed by atoms with E-state index in [2.05, 4.69) is 50.8 Å². The molecule has 32 heavy (non-hydrogen) atoms. The SMILES string of the molecule is CC[C@@H](C)Oc1c(C=Nn2c([C@@H](C)CC)nc3ccc(Br)cc3c2=O)cc(Br)cc1OC. The quantitative estimate of drug-likeness (QED) is 0.293. The lowest BCUT2D eigenvalue weighted by Crippen LogP contribution is -2.23. The zero-order valence-electron chi connectivity index (χ0n) is 18.9. The highest BCUT2D eigenvalue weighted by Crippen LogP contribution is 2.35. The molecular weight excluding hydrogens is 538 g/mol. The fourth-order valence-corrected chi connectivity index (χ4v) is 3.96. The van der Waals surface area contributed by atoms with Gasteiger partial charge in [0.05, 0.1) is 30.3 Å². The van der Waals surface area contributed by atoms with Crippen molar-refractivity contribution < 1.29 is 9.47 Å². The minimum Gasteiger partial charge on any atom is -0.493 e. The zero-order valence-corrected chi connectivity index (χ0v) is 22.0. The Morgan fingerprint density at radius 2 is 1.88 bits per heavy atom. The van der Waals surface area contributed by atoms with Gasteiger partial charge >= 0.3 is 0 Å². The molecule has 0 saturated heterocycles. The van der Waals surface area contributed by atoms with Crippen molar-refractivity contribution in [2.75, 3.05) is 7.11 Å². The van der Waals surface area contributed by atoms with E-state index in [9.17, 15) is 4.79 Å². The summed E-state index contributed by atoms with van der Waals surface area (Å²) in [5.41, 5.74) is 1.15. The highest BCUT2D eigenvalue weighted by atomic mass is 79.9. The van der Waals surface area contributed by atoms with Crippen molar-refractivity contribution in [3.8, 4) is 11.5 Å². The maximum atomic E-state index is 13.4. The van der Waals surface area contributed by atoms with Gasteiger partial charge in [-0.15, -0.1) is 0 Å². The zero-order chi connectivity index (χ0) is 23.4. The summed E-state index contributed by atoms with van der Waals surface area (Å²) in [4.78, 5) is 18.1. The molecular formula is C24H27Br2N3O3. The molecule has 2 aromatic carbocycles. The molecule has 0 radical (unpaired) electrons. The molecule has 170 valence electrons. The van der Waals surface area contributed by atoms with Gasteiger partial charge in [-0.1, -0.05) is 52.6 Å². The van der Waals surface area contributed by atoms with Gasteiger partial charge in [0.25, 0.3) is 5.56 Å². The van der Waals surface area contributed by atoms with E-state index in [0.717, 1.165) is 21.8 Å². The monoisotopic (exact) mass is 563 g/mol. The molecule has 3 aromatic rings. The molecule has 1 aromatic heterocycles. The highest BCUT2D eigenvalue weighted by Gasteiger charge is 2.17. The van der Waals surface area contributed by atoms with Crippen LogP contribution in [0.5, 0.6) is 11.5 Å². The average Bonchev–Trinajstić information content (AvgIpc) is 2.79. The Balaban J connectivity index is 2.21. The maximum Gasteiger partial charge on any atom is 0.282 e. The smallest absolute Gasteiger partial charge is 0.282 e. The van der Waals surface area contributed by atoms with Crippen LogP contribution >= 0.6 is 31.9 Å². The fraction of sp³-hybridized carbons (Fsp3) is 0.375. The number of benzene rings is 2. The Morgan fingerprint density at radius 1 is 1.12 bits per heavy atom. The third-order valence-corrected chi connectivity index (χ3v) is 6.31. The number of rotatable bonds is 8. The van der Waals surface area contributed by atoms with Crippen LogP contribution in [0, 0.1) is 0 Å². The lowest BCUT2D eigenvalue weighted by atomic mass is 10.1. The number of nitrogens with zero attached hydrogens (tertiary/aromatic N) is 3. The van der Waals surface area contributed by atoms with Gasteiger partial charge in [-0.3, -0.25) is 4.79 Å². The number of hydrogen-bond acceptors (Lipinski definition) is 5. The first-order chi connectivity index (χ1) is 15.3. The van der Waals surface area contributed by atoms with Crippen LogP contribution in [0.1, 0.15) is 57.8 Å². The van der Waals surface area contributed by atoms with Crippen molar-refractivity contribution in [2.24, 2.45) is 5.10 Å². The summed E-state index contributed by atoms with van der Waals surface area (Å²) in [5.74, 6) is 1.86. The molecule has 0 saturated carbocycles. The van der Waals surface area contributed by atoms with E-state index in [1.54, 1.807) is 19.4 Å². The number of hydrogen-bond donors (Lipinski definition) is 0. The van der Waals surface area contributed by atoms with Gasteiger partial charge < -0.3 is 9.47 Å². The number of fused-ring (bicyclic) bond motifs is 1. The van der Waals surface area contributed by atoms with Crippen LogP contribution in [0.2, 0.25) is 0 Å². The van der Waals surface area contributed by atoms with Gasteiger partial charge in [0.2, 0.25) is 0 Å². The highest BCUT2D eigenvalue weighted by molar-refractivity contribution is 9.10. The lowest BCUT2D eigenvalue weighted by molar-refractivity contribution is 0.207. The molecule has 0 aliphatic heterocycles. The average molecular weight is 565 g/mol. The van der Waals surface area contributed by atoms with Crippen LogP contribution in [0.3, 0.4) is 0 Å². The Morgan fingerprint density at radius 3 is 2.53 bits per heavy atom. The van der Waals surface area contributed by atoms with Crippen LogP contribution in [0.4, 0.5) is 0 Å². The van der Waals surface area contributed by atoms with E-state index in [-0.39, 0.29) is 17.6 Å². The van der Waals surface area contributed by atoms with Crippen molar-refractivity contribution in [2.45, 2.75) is 52.6 Å². The fourth-order valence-electron chi connectivity index (χ4n) is 3.15. The molecule has 3 rings (SSSR count). The summed E-state index contributed by atoms with van der Waals surface area (Å²) in [6.07, 6.45) is 3.30. The van der Waals surface area contributed by atoms with Crippen molar-refractivity contribution in [1.82, 2.24) is 9.66 Å². The molecule has 0 aliphatic carbocycles. The standard InChI is InChI=1S/C24H27Br2N3O3/c1-6-14(3)23-28-20-9-8-17(25)11-19(20)24(30)29(23)27-13-16-10-18(26)12-21(31-5)22(16)32-15(4)7-2/h8-15H,6-7H2,1-5H3/t14-,15+/m0/s1. The molecule has 0 amide bonds. The van der Waals surface area contributed by atoms with Crippen LogP contribution in [-0.4, -0.2) is 29.1 Å².